The number of halogens is 1. The second-order valence-corrected chi connectivity index (χ2v) is 4.97. The molecule has 1 aliphatic heterocycles. The molecule has 0 bridgehead atoms. The van der Waals surface area contributed by atoms with Gasteiger partial charge in [-0.1, -0.05) is 0 Å². The number of alkyl halides is 1. The minimum absolute atomic E-state index is 0.537. The molecule has 1 unspecified atom stereocenters. The van der Waals surface area contributed by atoms with E-state index in [2.05, 4.69) is 18.7 Å². The normalized spacial score (nSPS) is 21.8. The highest BCUT2D eigenvalue weighted by Crippen LogP contribution is 2.17. The Morgan fingerprint density at radius 1 is 1.40 bits per heavy atom. The standard InChI is InChI=1S/C12H24ClNO/c1-11(2)14(9-7-13)8-3-5-12-6-4-10-15-12/h11-12H,3-10H2,1-2H3. The van der Waals surface area contributed by atoms with Crippen LogP contribution in [0.25, 0.3) is 0 Å². The van der Waals surface area contributed by atoms with E-state index in [-0.39, 0.29) is 0 Å². The molecule has 1 atom stereocenters. The summed E-state index contributed by atoms with van der Waals surface area (Å²) in [6, 6.07) is 0.605. The van der Waals surface area contributed by atoms with E-state index in [0.717, 1.165) is 25.6 Å². The quantitative estimate of drug-likeness (QED) is 0.627. The molecule has 90 valence electrons. The fourth-order valence-electron chi connectivity index (χ4n) is 2.13. The third-order valence-corrected chi connectivity index (χ3v) is 3.27. The van der Waals surface area contributed by atoms with Gasteiger partial charge in [-0.15, -0.1) is 11.6 Å². The zero-order valence-corrected chi connectivity index (χ0v) is 10.8. The first kappa shape index (κ1) is 13.3. The number of rotatable bonds is 7. The van der Waals surface area contributed by atoms with Crippen molar-refractivity contribution in [1.82, 2.24) is 4.90 Å². The highest BCUT2D eigenvalue weighted by atomic mass is 35.5. The molecule has 1 saturated heterocycles. The first-order valence-corrected chi connectivity index (χ1v) is 6.69. The Labute approximate surface area is 98.9 Å². The molecule has 0 saturated carbocycles. The topological polar surface area (TPSA) is 12.5 Å². The molecule has 2 nitrogen and oxygen atoms in total. The van der Waals surface area contributed by atoms with Crippen LogP contribution < -0.4 is 0 Å². The van der Waals surface area contributed by atoms with Crippen LogP contribution in [-0.2, 0) is 4.74 Å². The molecule has 0 aliphatic carbocycles. The average Bonchev–Trinajstić information content (AvgIpc) is 2.69. The summed E-state index contributed by atoms with van der Waals surface area (Å²) in [7, 11) is 0. The predicted octanol–water partition coefficient (Wildman–Crippen LogP) is 2.89. The summed E-state index contributed by atoms with van der Waals surface area (Å²) < 4.78 is 5.61. The third kappa shape index (κ3) is 5.19. The number of ether oxygens (including phenoxy) is 1. The largest absolute Gasteiger partial charge is 0.378 e. The zero-order valence-electron chi connectivity index (χ0n) is 10.0. The monoisotopic (exact) mass is 233 g/mol. The number of nitrogens with zero attached hydrogens (tertiary/aromatic N) is 1. The average molecular weight is 234 g/mol. The molecule has 1 aliphatic rings. The SMILES string of the molecule is CC(C)N(CCCl)CCCC1CCCO1. The highest BCUT2D eigenvalue weighted by Gasteiger charge is 2.16. The van der Waals surface area contributed by atoms with Gasteiger partial charge in [0.25, 0.3) is 0 Å². The molecule has 0 aromatic carbocycles. The Morgan fingerprint density at radius 2 is 2.20 bits per heavy atom. The van der Waals surface area contributed by atoms with Crippen molar-refractivity contribution in [2.45, 2.75) is 51.7 Å². The van der Waals surface area contributed by atoms with Gasteiger partial charge in [0.1, 0.15) is 0 Å². The van der Waals surface area contributed by atoms with E-state index in [1.165, 1.54) is 25.7 Å². The van der Waals surface area contributed by atoms with Gasteiger partial charge in [-0.25, -0.2) is 0 Å². The minimum Gasteiger partial charge on any atom is -0.378 e. The van der Waals surface area contributed by atoms with Gasteiger partial charge < -0.3 is 4.74 Å². The summed E-state index contributed by atoms with van der Waals surface area (Å²) in [6.45, 7) is 7.60. The Balaban J connectivity index is 2.09. The first-order valence-electron chi connectivity index (χ1n) is 6.15. The van der Waals surface area contributed by atoms with Crippen molar-refractivity contribution < 1.29 is 4.74 Å². The van der Waals surface area contributed by atoms with Crippen LogP contribution in [-0.4, -0.2) is 42.6 Å². The minimum atomic E-state index is 0.537. The van der Waals surface area contributed by atoms with Gasteiger partial charge in [-0.05, 0) is 46.1 Å². The fourth-order valence-corrected chi connectivity index (χ4v) is 2.35. The van der Waals surface area contributed by atoms with Crippen LogP contribution in [0.1, 0.15) is 39.5 Å². The van der Waals surface area contributed by atoms with Crippen LogP contribution in [0, 0.1) is 0 Å². The van der Waals surface area contributed by atoms with Crippen molar-refractivity contribution in [3.63, 3.8) is 0 Å². The Bertz CT molecular complexity index is 158. The Kier molecular flexibility index (Phi) is 6.62. The van der Waals surface area contributed by atoms with Crippen molar-refractivity contribution in [2.24, 2.45) is 0 Å². The van der Waals surface area contributed by atoms with Crippen LogP contribution in [0.4, 0.5) is 0 Å². The van der Waals surface area contributed by atoms with E-state index in [9.17, 15) is 0 Å². The van der Waals surface area contributed by atoms with E-state index >= 15 is 0 Å². The molecule has 1 fully saturated rings. The van der Waals surface area contributed by atoms with Gasteiger partial charge in [0.15, 0.2) is 0 Å². The lowest BCUT2D eigenvalue weighted by atomic mass is 10.1. The second kappa shape index (κ2) is 7.48. The maximum atomic E-state index is 5.78. The van der Waals surface area contributed by atoms with Crippen molar-refractivity contribution in [1.29, 1.82) is 0 Å². The van der Waals surface area contributed by atoms with Crippen LogP contribution in [0.5, 0.6) is 0 Å². The fraction of sp³-hybridized carbons (Fsp3) is 1.00. The number of hydrogen-bond acceptors (Lipinski definition) is 2. The van der Waals surface area contributed by atoms with Gasteiger partial charge in [0.2, 0.25) is 0 Å². The molecule has 0 spiro atoms. The van der Waals surface area contributed by atoms with E-state index in [0.29, 0.717) is 12.1 Å². The summed E-state index contributed by atoms with van der Waals surface area (Å²) in [5.74, 6) is 0.734. The molecule has 1 heterocycles. The lowest BCUT2D eigenvalue weighted by Gasteiger charge is -2.25. The van der Waals surface area contributed by atoms with Gasteiger partial charge in [0.05, 0.1) is 6.10 Å². The predicted molar refractivity (Wildman–Crippen MR) is 65.6 cm³/mol. The summed E-state index contributed by atoms with van der Waals surface area (Å²) >= 11 is 5.78. The van der Waals surface area contributed by atoms with Crippen LogP contribution in [0.15, 0.2) is 0 Å². The number of hydrogen-bond donors (Lipinski definition) is 0. The summed E-state index contributed by atoms with van der Waals surface area (Å²) in [5, 5.41) is 0. The van der Waals surface area contributed by atoms with Gasteiger partial charge in [-0.2, -0.15) is 0 Å². The molecule has 3 heteroatoms. The summed E-state index contributed by atoms with van der Waals surface area (Å²) in [5.41, 5.74) is 0. The summed E-state index contributed by atoms with van der Waals surface area (Å²) in [6.07, 6.45) is 5.50. The van der Waals surface area contributed by atoms with E-state index in [4.69, 9.17) is 16.3 Å². The van der Waals surface area contributed by atoms with Crippen molar-refractivity contribution >= 4 is 11.6 Å². The van der Waals surface area contributed by atoms with Crippen molar-refractivity contribution in [3.05, 3.63) is 0 Å². The molecule has 0 N–H and O–H groups in total. The third-order valence-electron chi connectivity index (χ3n) is 3.10. The maximum Gasteiger partial charge on any atom is 0.0576 e. The zero-order chi connectivity index (χ0) is 11.1. The molecule has 0 amide bonds. The molecular formula is C12H24ClNO. The molecule has 0 aromatic rings. The Hall–Kier alpha value is 0.210. The smallest absolute Gasteiger partial charge is 0.0576 e. The van der Waals surface area contributed by atoms with E-state index < -0.39 is 0 Å². The second-order valence-electron chi connectivity index (χ2n) is 4.60. The van der Waals surface area contributed by atoms with E-state index in [1.807, 2.05) is 0 Å². The van der Waals surface area contributed by atoms with Crippen LogP contribution in [0.2, 0.25) is 0 Å². The molecule has 0 aromatic heterocycles. The van der Waals surface area contributed by atoms with Gasteiger partial charge in [-0.3, -0.25) is 4.90 Å². The van der Waals surface area contributed by atoms with Crippen LogP contribution in [0.3, 0.4) is 0 Å². The first-order chi connectivity index (χ1) is 7.24. The molecular weight excluding hydrogens is 210 g/mol. The maximum absolute atomic E-state index is 5.78. The van der Waals surface area contributed by atoms with E-state index in [1.54, 1.807) is 0 Å². The Morgan fingerprint density at radius 3 is 2.73 bits per heavy atom. The van der Waals surface area contributed by atoms with Crippen molar-refractivity contribution in [2.75, 3.05) is 25.6 Å². The molecule has 15 heavy (non-hydrogen) atoms. The lowest BCUT2D eigenvalue weighted by Crippen LogP contribution is -2.33. The lowest BCUT2D eigenvalue weighted by molar-refractivity contribution is 0.0974. The van der Waals surface area contributed by atoms with Gasteiger partial charge in [0, 0.05) is 25.1 Å². The van der Waals surface area contributed by atoms with Crippen molar-refractivity contribution in [3.8, 4) is 0 Å². The van der Waals surface area contributed by atoms with Gasteiger partial charge >= 0.3 is 0 Å². The molecule has 1 rings (SSSR count). The molecule has 0 radical (unpaired) electrons. The highest BCUT2D eigenvalue weighted by molar-refractivity contribution is 6.18. The summed E-state index contributed by atoms with van der Waals surface area (Å²) in [4.78, 5) is 2.45. The van der Waals surface area contributed by atoms with Crippen LogP contribution >= 0.6 is 11.6 Å².